The van der Waals surface area contributed by atoms with Crippen LogP contribution in [0.3, 0.4) is 0 Å². The standard InChI is InChI=1S/C32H49NO4/c1-27(2)22-10-13-32(7)23(30(22,5)12-11-24(27)34)9-8-20-21-18-28(3,26(36)37-17-16-33)19-25(35)29(21,4)14-15-31(20,32)6/h8-9,22-24,34H,10-19,33H2,1-7H3/t22-,23+,24+,28+,29-,30+,31-,32+/m0/s1. The van der Waals surface area contributed by atoms with Crippen LogP contribution in [0.1, 0.15) is 99.8 Å². The minimum absolute atomic E-state index is 0.0604. The number of aliphatic hydroxyl groups excluding tert-OH is 1. The van der Waals surface area contributed by atoms with Gasteiger partial charge < -0.3 is 15.6 Å². The van der Waals surface area contributed by atoms with Crippen molar-refractivity contribution in [2.75, 3.05) is 13.2 Å². The molecule has 5 aliphatic carbocycles. The summed E-state index contributed by atoms with van der Waals surface area (Å²) in [6.07, 6.45) is 11.4. The van der Waals surface area contributed by atoms with Crippen LogP contribution in [-0.2, 0) is 14.3 Å². The average Bonchev–Trinajstić information content (AvgIpc) is 2.82. The van der Waals surface area contributed by atoms with E-state index in [0.29, 0.717) is 18.3 Å². The third-order valence-electron chi connectivity index (χ3n) is 12.9. The van der Waals surface area contributed by atoms with Crippen LogP contribution >= 0.6 is 0 Å². The minimum atomic E-state index is -0.842. The molecule has 0 aliphatic heterocycles. The van der Waals surface area contributed by atoms with E-state index < -0.39 is 10.8 Å². The Kier molecular flexibility index (Phi) is 6.06. The summed E-state index contributed by atoms with van der Waals surface area (Å²) in [5, 5.41) is 10.9. The molecule has 3 fully saturated rings. The summed E-state index contributed by atoms with van der Waals surface area (Å²) >= 11 is 0. The topological polar surface area (TPSA) is 89.6 Å². The lowest BCUT2D eigenvalue weighted by Crippen LogP contribution is -2.63. The fraction of sp³-hybridized carbons (Fsp3) is 0.812. The van der Waals surface area contributed by atoms with E-state index in [1.807, 2.05) is 6.92 Å². The Bertz CT molecular complexity index is 1070. The van der Waals surface area contributed by atoms with Crippen molar-refractivity contribution in [3.8, 4) is 0 Å². The lowest BCUT2D eigenvalue weighted by molar-refractivity contribution is -0.182. The average molecular weight is 512 g/mol. The number of carbonyl (C=O) groups excluding carboxylic acids is 2. The van der Waals surface area contributed by atoms with Gasteiger partial charge in [-0.3, -0.25) is 9.59 Å². The molecule has 5 heteroatoms. The number of carbonyl (C=O) groups is 2. The number of hydrogen-bond donors (Lipinski definition) is 2. The van der Waals surface area contributed by atoms with Crippen LogP contribution in [0.25, 0.3) is 0 Å². The van der Waals surface area contributed by atoms with E-state index in [2.05, 4.69) is 53.7 Å². The Morgan fingerprint density at radius 1 is 1.03 bits per heavy atom. The molecule has 0 aromatic carbocycles. The quantitative estimate of drug-likeness (QED) is 0.471. The zero-order valence-corrected chi connectivity index (χ0v) is 24.2. The van der Waals surface area contributed by atoms with Crippen LogP contribution in [0.15, 0.2) is 23.3 Å². The fourth-order valence-corrected chi connectivity index (χ4v) is 10.1. The molecular formula is C32H49NO4. The molecule has 5 rings (SSSR count). The highest BCUT2D eigenvalue weighted by Crippen LogP contribution is 2.73. The summed E-state index contributed by atoms with van der Waals surface area (Å²) in [5.74, 6) is 0.780. The van der Waals surface area contributed by atoms with Crippen LogP contribution in [0.4, 0.5) is 0 Å². The Hall–Kier alpha value is -1.46. The molecule has 0 saturated heterocycles. The van der Waals surface area contributed by atoms with Crippen LogP contribution in [0.5, 0.6) is 0 Å². The predicted octanol–water partition coefficient (Wildman–Crippen LogP) is 5.75. The molecule has 0 spiro atoms. The van der Waals surface area contributed by atoms with Gasteiger partial charge in [-0.25, -0.2) is 0 Å². The summed E-state index contributed by atoms with van der Waals surface area (Å²) in [6, 6.07) is 0. The highest BCUT2D eigenvalue weighted by Gasteiger charge is 2.67. The molecule has 37 heavy (non-hydrogen) atoms. The van der Waals surface area contributed by atoms with Gasteiger partial charge in [0, 0.05) is 18.4 Å². The first-order chi connectivity index (χ1) is 17.1. The van der Waals surface area contributed by atoms with E-state index in [9.17, 15) is 14.7 Å². The van der Waals surface area contributed by atoms with Crippen LogP contribution < -0.4 is 5.73 Å². The van der Waals surface area contributed by atoms with Crippen molar-refractivity contribution in [1.29, 1.82) is 0 Å². The van der Waals surface area contributed by atoms with E-state index >= 15 is 0 Å². The molecule has 5 nitrogen and oxygen atoms in total. The maximum atomic E-state index is 13.7. The number of nitrogens with two attached hydrogens (primary N) is 1. The van der Waals surface area contributed by atoms with Gasteiger partial charge in [-0.15, -0.1) is 0 Å². The number of allylic oxidation sites excluding steroid dienone is 4. The lowest BCUT2D eigenvalue weighted by atomic mass is 9.35. The Morgan fingerprint density at radius 3 is 2.41 bits per heavy atom. The van der Waals surface area contributed by atoms with Crippen molar-refractivity contribution >= 4 is 11.8 Å². The maximum Gasteiger partial charge on any atom is 0.312 e. The number of hydrogen-bond acceptors (Lipinski definition) is 5. The van der Waals surface area contributed by atoms with Gasteiger partial charge in [0.15, 0.2) is 0 Å². The van der Waals surface area contributed by atoms with Crippen LogP contribution in [0.2, 0.25) is 0 Å². The van der Waals surface area contributed by atoms with Crippen molar-refractivity contribution < 1.29 is 19.4 Å². The van der Waals surface area contributed by atoms with Gasteiger partial charge in [0.1, 0.15) is 12.4 Å². The van der Waals surface area contributed by atoms with Gasteiger partial charge >= 0.3 is 5.97 Å². The molecule has 0 bridgehead atoms. The molecule has 3 saturated carbocycles. The van der Waals surface area contributed by atoms with Gasteiger partial charge in [0.05, 0.1) is 11.5 Å². The largest absolute Gasteiger partial charge is 0.464 e. The Labute approximate surface area is 223 Å². The SMILES string of the molecule is CC1(C)[C@H](O)CC[C@@]2(C)[C@H]3C=CC4=C5C[C@@](C)(C(=O)OCCN)CC(=O)[C@@]5(C)CC[C@]4(C)[C@]3(C)CC[C@@H]12. The minimum Gasteiger partial charge on any atom is -0.464 e. The van der Waals surface area contributed by atoms with Crippen molar-refractivity contribution in [2.24, 2.45) is 50.1 Å². The zero-order valence-electron chi connectivity index (χ0n) is 24.2. The smallest absolute Gasteiger partial charge is 0.312 e. The highest BCUT2D eigenvalue weighted by molar-refractivity contribution is 5.95. The number of aliphatic hydroxyl groups is 1. The van der Waals surface area contributed by atoms with Crippen molar-refractivity contribution in [3.63, 3.8) is 0 Å². The zero-order chi connectivity index (χ0) is 27.2. The molecule has 8 atom stereocenters. The monoisotopic (exact) mass is 511 g/mol. The number of rotatable bonds is 3. The third kappa shape index (κ3) is 3.41. The number of Topliss-reactive ketones (excluding diaryl/α,β-unsaturated/α-hetero) is 1. The molecule has 206 valence electrons. The van der Waals surface area contributed by atoms with E-state index in [1.165, 1.54) is 11.1 Å². The first kappa shape index (κ1) is 27.1. The van der Waals surface area contributed by atoms with Crippen LogP contribution in [-0.4, -0.2) is 36.1 Å². The summed E-state index contributed by atoms with van der Waals surface area (Å²) in [4.78, 5) is 26.8. The number of esters is 1. The van der Waals surface area contributed by atoms with Crippen molar-refractivity contribution in [1.82, 2.24) is 0 Å². The maximum absolute atomic E-state index is 13.7. The van der Waals surface area contributed by atoms with Gasteiger partial charge in [-0.05, 0) is 97.9 Å². The molecule has 0 aromatic heterocycles. The number of ether oxygens (including phenoxy) is 1. The van der Waals surface area contributed by atoms with Gasteiger partial charge in [0.2, 0.25) is 0 Å². The molecule has 0 amide bonds. The Balaban J connectivity index is 1.62. The first-order valence-electron chi connectivity index (χ1n) is 14.6. The molecule has 5 aliphatic rings. The molecule has 0 unspecified atom stereocenters. The third-order valence-corrected chi connectivity index (χ3v) is 12.9. The summed E-state index contributed by atoms with van der Waals surface area (Å²) < 4.78 is 5.48. The molecule has 0 aromatic rings. The van der Waals surface area contributed by atoms with Gasteiger partial charge in [-0.2, -0.15) is 0 Å². The predicted molar refractivity (Wildman–Crippen MR) is 145 cm³/mol. The lowest BCUT2D eigenvalue weighted by Gasteiger charge is -2.69. The van der Waals surface area contributed by atoms with E-state index in [-0.39, 0.29) is 59.1 Å². The normalized spacial score (nSPS) is 48.5. The number of ketones is 1. The Morgan fingerprint density at radius 2 is 1.73 bits per heavy atom. The summed E-state index contributed by atoms with van der Waals surface area (Å²) in [7, 11) is 0. The second kappa shape index (κ2) is 8.27. The summed E-state index contributed by atoms with van der Waals surface area (Å²) in [5.41, 5.74) is 6.77. The van der Waals surface area contributed by atoms with Crippen LogP contribution in [0, 0.1) is 44.3 Å². The van der Waals surface area contributed by atoms with E-state index in [0.717, 1.165) is 38.5 Å². The first-order valence-corrected chi connectivity index (χ1v) is 14.6. The number of fused-ring (bicyclic) bond motifs is 6. The van der Waals surface area contributed by atoms with Crippen molar-refractivity contribution in [2.45, 2.75) is 106 Å². The highest BCUT2D eigenvalue weighted by atomic mass is 16.5. The second-order valence-electron chi connectivity index (χ2n) is 15.0. The molecular weight excluding hydrogens is 462 g/mol. The van der Waals surface area contributed by atoms with E-state index in [4.69, 9.17) is 10.5 Å². The van der Waals surface area contributed by atoms with E-state index in [1.54, 1.807) is 0 Å². The summed E-state index contributed by atoms with van der Waals surface area (Å²) in [6.45, 7) is 16.5. The fourth-order valence-electron chi connectivity index (χ4n) is 10.1. The van der Waals surface area contributed by atoms with Gasteiger partial charge in [-0.1, -0.05) is 52.3 Å². The molecule has 3 N–H and O–H groups in total. The van der Waals surface area contributed by atoms with Gasteiger partial charge in [0.25, 0.3) is 0 Å². The second-order valence-corrected chi connectivity index (χ2v) is 15.0. The molecule has 0 heterocycles. The molecule has 0 radical (unpaired) electrons. The van der Waals surface area contributed by atoms with Crippen molar-refractivity contribution in [3.05, 3.63) is 23.3 Å².